The molecule has 5 nitrogen and oxygen atoms in total. The SMILES string of the molecule is CC(NC(=O)CN(c1ccccc1)S(=O)(=O)c1ccc(F)cc1)c1ccccc1. The monoisotopic (exact) mass is 412 g/mol. The highest BCUT2D eigenvalue weighted by molar-refractivity contribution is 7.92. The van der Waals surface area contributed by atoms with Crippen molar-refractivity contribution in [2.75, 3.05) is 10.8 Å². The maximum absolute atomic E-state index is 13.2. The number of sulfonamides is 1. The average molecular weight is 412 g/mol. The third kappa shape index (κ3) is 5.00. The first-order valence-electron chi connectivity index (χ1n) is 9.05. The predicted octanol–water partition coefficient (Wildman–Crippen LogP) is 3.90. The largest absolute Gasteiger partial charge is 0.348 e. The van der Waals surface area contributed by atoms with Gasteiger partial charge in [0.2, 0.25) is 5.91 Å². The standard InChI is InChI=1S/C22H21FN2O3S/c1-17(18-8-4-2-5-9-18)24-22(26)16-25(20-10-6-3-7-11-20)29(27,28)21-14-12-19(23)13-15-21/h2-15,17H,16H2,1H3,(H,24,26). The second-order valence-corrected chi connectivity index (χ2v) is 8.36. The third-order valence-electron chi connectivity index (χ3n) is 4.41. The Morgan fingerprint density at radius 3 is 2.07 bits per heavy atom. The molecule has 1 amide bonds. The fourth-order valence-electron chi connectivity index (χ4n) is 2.89. The van der Waals surface area contributed by atoms with Gasteiger partial charge < -0.3 is 5.32 Å². The number of nitrogens with zero attached hydrogens (tertiary/aromatic N) is 1. The molecule has 0 aliphatic carbocycles. The van der Waals surface area contributed by atoms with Crippen LogP contribution >= 0.6 is 0 Å². The van der Waals surface area contributed by atoms with E-state index in [1.807, 2.05) is 37.3 Å². The maximum Gasteiger partial charge on any atom is 0.264 e. The van der Waals surface area contributed by atoms with Crippen molar-refractivity contribution in [3.8, 4) is 0 Å². The first kappa shape index (κ1) is 20.5. The molecule has 0 aliphatic heterocycles. The maximum atomic E-state index is 13.2. The Labute approximate surface area is 169 Å². The van der Waals surface area contributed by atoms with Crippen molar-refractivity contribution in [1.29, 1.82) is 0 Å². The predicted molar refractivity (Wildman–Crippen MR) is 110 cm³/mol. The van der Waals surface area contributed by atoms with Gasteiger partial charge in [0.15, 0.2) is 0 Å². The van der Waals surface area contributed by atoms with Gasteiger partial charge in [0, 0.05) is 0 Å². The molecule has 0 bridgehead atoms. The molecule has 0 aromatic heterocycles. The average Bonchev–Trinajstić information content (AvgIpc) is 2.73. The molecule has 0 fully saturated rings. The zero-order valence-electron chi connectivity index (χ0n) is 15.8. The van der Waals surface area contributed by atoms with Crippen molar-refractivity contribution in [3.05, 3.63) is 96.3 Å². The van der Waals surface area contributed by atoms with Gasteiger partial charge in [-0.1, -0.05) is 48.5 Å². The minimum Gasteiger partial charge on any atom is -0.348 e. The van der Waals surface area contributed by atoms with Gasteiger partial charge in [-0.2, -0.15) is 0 Å². The van der Waals surface area contributed by atoms with Crippen LogP contribution in [0.15, 0.2) is 89.8 Å². The zero-order chi connectivity index (χ0) is 20.9. The van der Waals surface area contributed by atoms with Crippen LogP contribution in [0.1, 0.15) is 18.5 Å². The lowest BCUT2D eigenvalue weighted by Gasteiger charge is -2.25. The van der Waals surface area contributed by atoms with E-state index in [0.717, 1.165) is 22.0 Å². The molecule has 1 N–H and O–H groups in total. The molecule has 0 radical (unpaired) electrons. The van der Waals surface area contributed by atoms with Crippen LogP contribution in [-0.2, 0) is 14.8 Å². The molecule has 3 aromatic rings. The fraction of sp³-hybridized carbons (Fsp3) is 0.136. The van der Waals surface area contributed by atoms with Crippen LogP contribution in [0.2, 0.25) is 0 Å². The molecule has 0 spiro atoms. The summed E-state index contributed by atoms with van der Waals surface area (Å²) in [6.45, 7) is 1.43. The van der Waals surface area contributed by atoms with Crippen molar-refractivity contribution in [1.82, 2.24) is 5.32 Å². The minimum absolute atomic E-state index is 0.0911. The summed E-state index contributed by atoms with van der Waals surface area (Å²) in [5.41, 5.74) is 1.26. The van der Waals surface area contributed by atoms with Crippen LogP contribution in [0.5, 0.6) is 0 Å². The molecule has 1 unspecified atom stereocenters. The summed E-state index contributed by atoms with van der Waals surface area (Å²) < 4.78 is 40.6. The number of anilines is 1. The van der Waals surface area contributed by atoms with E-state index >= 15 is 0 Å². The Morgan fingerprint density at radius 2 is 1.48 bits per heavy atom. The van der Waals surface area contributed by atoms with Crippen LogP contribution < -0.4 is 9.62 Å². The molecule has 0 saturated heterocycles. The van der Waals surface area contributed by atoms with Gasteiger partial charge in [-0.3, -0.25) is 9.10 Å². The second-order valence-electron chi connectivity index (χ2n) is 6.50. The van der Waals surface area contributed by atoms with E-state index in [1.165, 1.54) is 12.1 Å². The van der Waals surface area contributed by atoms with Gasteiger partial charge in [-0.05, 0) is 48.9 Å². The normalized spacial score (nSPS) is 12.2. The molecule has 0 saturated carbocycles. The minimum atomic E-state index is -4.06. The number of benzene rings is 3. The molecule has 3 rings (SSSR count). The fourth-order valence-corrected chi connectivity index (χ4v) is 4.31. The Bertz CT molecular complexity index is 1060. The van der Waals surface area contributed by atoms with Gasteiger partial charge >= 0.3 is 0 Å². The zero-order valence-corrected chi connectivity index (χ0v) is 16.6. The molecule has 1 atom stereocenters. The number of rotatable bonds is 7. The lowest BCUT2D eigenvalue weighted by molar-refractivity contribution is -0.120. The van der Waals surface area contributed by atoms with E-state index in [-0.39, 0.29) is 10.9 Å². The number of hydrogen-bond donors (Lipinski definition) is 1. The summed E-state index contributed by atoms with van der Waals surface area (Å²) in [4.78, 5) is 12.6. The molecule has 0 heterocycles. The number of amides is 1. The second kappa shape index (κ2) is 8.87. The number of nitrogens with one attached hydrogen (secondary N) is 1. The van der Waals surface area contributed by atoms with Gasteiger partial charge in [0.25, 0.3) is 10.0 Å². The van der Waals surface area contributed by atoms with E-state index in [1.54, 1.807) is 30.3 Å². The third-order valence-corrected chi connectivity index (χ3v) is 6.20. The van der Waals surface area contributed by atoms with Crippen molar-refractivity contribution < 1.29 is 17.6 Å². The molecule has 29 heavy (non-hydrogen) atoms. The number of halogens is 1. The quantitative estimate of drug-likeness (QED) is 0.640. The van der Waals surface area contributed by atoms with Crippen LogP contribution in [0, 0.1) is 5.82 Å². The summed E-state index contributed by atoms with van der Waals surface area (Å²) in [5.74, 6) is -0.986. The van der Waals surface area contributed by atoms with E-state index in [4.69, 9.17) is 0 Å². The van der Waals surface area contributed by atoms with E-state index in [9.17, 15) is 17.6 Å². The highest BCUT2D eigenvalue weighted by atomic mass is 32.2. The van der Waals surface area contributed by atoms with E-state index < -0.39 is 28.3 Å². The summed E-state index contributed by atoms with van der Waals surface area (Å²) in [6, 6.07) is 22.0. The molecular formula is C22H21FN2O3S. The van der Waals surface area contributed by atoms with Crippen molar-refractivity contribution in [2.45, 2.75) is 17.9 Å². The first-order valence-corrected chi connectivity index (χ1v) is 10.5. The Balaban J connectivity index is 1.86. The number of carbonyl (C=O) groups is 1. The van der Waals surface area contributed by atoms with Gasteiger partial charge in [0.05, 0.1) is 16.6 Å². The van der Waals surface area contributed by atoms with Crippen molar-refractivity contribution in [2.24, 2.45) is 0 Å². The Kier molecular flexibility index (Phi) is 6.29. The highest BCUT2D eigenvalue weighted by Gasteiger charge is 2.27. The number of hydrogen-bond acceptors (Lipinski definition) is 3. The van der Waals surface area contributed by atoms with E-state index in [2.05, 4.69) is 5.32 Å². The molecule has 3 aromatic carbocycles. The molecule has 150 valence electrons. The Hall–Kier alpha value is -3.19. The highest BCUT2D eigenvalue weighted by Crippen LogP contribution is 2.23. The van der Waals surface area contributed by atoms with Crippen molar-refractivity contribution in [3.63, 3.8) is 0 Å². The van der Waals surface area contributed by atoms with Gasteiger partial charge in [0.1, 0.15) is 12.4 Å². The molecule has 0 aliphatic rings. The Morgan fingerprint density at radius 1 is 0.931 bits per heavy atom. The lowest BCUT2D eigenvalue weighted by atomic mass is 10.1. The van der Waals surface area contributed by atoms with Gasteiger partial charge in [-0.25, -0.2) is 12.8 Å². The summed E-state index contributed by atoms with van der Waals surface area (Å²) in [7, 11) is -4.06. The van der Waals surface area contributed by atoms with Crippen LogP contribution in [-0.4, -0.2) is 20.9 Å². The summed E-state index contributed by atoms with van der Waals surface area (Å²) in [5, 5.41) is 2.82. The topological polar surface area (TPSA) is 66.5 Å². The summed E-state index contributed by atoms with van der Waals surface area (Å²) in [6.07, 6.45) is 0. The van der Waals surface area contributed by atoms with Crippen LogP contribution in [0.3, 0.4) is 0 Å². The van der Waals surface area contributed by atoms with Crippen LogP contribution in [0.25, 0.3) is 0 Å². The van der Waals surface area contributed by atoms with Gasteiger partial charge in [-0.15, -0.1) is 0 Å². The number of para-hydroxylation sites is 1. The molecular weight excluding hydrogens is 391 g/mol. The molecule has 7 heteroatoms. The first-order chi connectivity index (χ1) is 13.9. The lowest BCUT2D eigenvalue weighted by Crippen LogP contribution is -2.41. The van der Waals surface area contributed by atoms with E-state index in [0.29, 0.717) is 5.69 Å². The van der Waals surface area contributed by atoms with Crippen molar-refractivity contribution >= 4 is 21.6 Å². The summed E-state index contributed by atoms with van der Waals surface area (Å²) >= 11 is 0. The number of carbonyl (C=O) groups excluding carboxylic acids is 1. The smallest absolute Gasteiger partial charge is 0.264 e. The van der Waals surface area contributed by atoms with Crippen LogP contribution in [0.4, 0.5) is 10.1 Å².